The first kappa shape index (κ1) is 12.3. The van der Waals surface area contributed by atoms with Crippen molar-refractivity contribution in [3.63, 3.8) is 0 Å². The van der Waals surface area contributed by atoms with Crippen LogP contribution in [0.2, 0.25) is 0 Å². The van der Waals surface area contributed by atoms with Gasteiger partial charge in [-0.15, -0.1) is 11.3 Å². The first-order chi connectivity index (χ1) is 10.2. The third kappa shape index (κ3) is 1.96. The Labute approximate surface area is 124 Å². The number of aromatic nitrogens is 1. The number of fused-ring (bicyclic) bond motifs is 3. The molecule has 0 bridgehead atoms. The molecule has 4 heteroatoms. The van der Waals surface area contributed by atoms with Gasteiger partial charge in [0.25, 0.3) is 0 Å². The highest BCUT2D eigenvalue weighted by Crippen LogP contribution is 2.33. The van der Waals surface area contributed by atoms with Gasteiger partial charge in [0, 0.05) is 5.39 Å². The first-order valence-electron chi connectivity index (χ1n) is 6.62. The van der Waals surface area contributed by atoms with Crippen LogP contribution in [0.5, 0.6) is 0 Å². The van der Waals surface area contributed by atoms with E-state index in [9.17, 15) is 4.79 Å². The molecule has 0 aliphatic heterocycles. The number of benzene rings is 2. The second kappa shape index (κ2) is 4.53. The summed E-state index contributed by atoms with van der Waals surface area (Å²) < 4.78 is 5.84. The Kier molecular flexibility index (Phi) is 2.65. The predicted molar refractivity (Wildman–Crippen MR) is 84.8 cm³/mol. The summed E-state index contributed by atoms with van der Waals surface area (Å²) in [6, 6.07) is 15.8. The van der Waals surface area contributed by atoms with Crippen LogP contribution in [0.1, 0.15) is 16.6 Å². The fourth-order valence-corrected chi connectivity index (χ4v) is 3.24. The third-order valence-corrected chi connectivity index (χ3v) is 4.62. The zero-order valence-electron chi connectivity index (χ0n) is 11.3. The van der Waals surface area contributed by atoms with Crippen LogP contribution in [-0.4, -0.2) is 10.8 Å². The molecule has 0 spiro atoms. The largest absolute Gasteiger partial charge is 0.435 e. The van der Waals surface area contributed by atoms with Crippen molar-refractivity contribution in [2.24, 2.45) is 0 Å². The van der Waals surface area contributed by atoms with Gasteiger partial charge < -0.3 is 4.42 Å². The maximum Gasteiger partial charge on any atom is 0.237 e. The SMILES string of the molecule is CC(=O)c1ccc(-c2nc3c(ccc4ccccc43)o2)s1. The summed E-state index contributed by atoms with van der Waals surface area (Å²) in [5, 5.41) is 2.22. The molecular weight excluding hydrogens is 282 g/mol. The first-order valence-corrected chi connectivity index (χ1v) is 7.43. The highest BCUT2D eigenvalue weighted by atomic mass is 32.1. The average molecular weight is 293 g/mol. The average Bonchev–Trinajstić information content (AvgIpc) is 3.13. The normalized spacial score (nSPS) is 11.3. The fraction of sp³-hybridized carbons (Fsp3) is 0.0588. The molecule has 0 N–H and O–H groups in total. The van der Waals surface area contributed by atoms with Crippen LogP contribution >= 0.6 is 11.3 Å². The molecule has 0 saturated carbocycles. The molecule has 0 atom stereocenters. The lowest BCUT2D eigenvalue weighted by molar-refractivity contribution is 0.102. The molecule has 0 unspecified atom stereocenters. The molecule has 0 aliphatic carbocycles. The molecule has 4 aromatic rings. The van der Waals surface area contributed by atoms with Crippen molar-refractivity contribution in [1.29, 1.82) is 0 Å². The highest BCUT2D eigenvalue weighted by molar-refractivity contribution is 7.17. The standard InChI is InChI=1S/C17H11NO2S/c1-10(19)14-8-9-15(21-14)17-18-16-12-5-3-2-4-11(12)6-7-13(16)20-17/h2-9H,1H3. The Morgan fingerprint density at radius 1 is 1.10 bits per heavy atom. The topological polar surface area (TPSA) is 43.1 Å². The number of thiophene rings is 1. The molecule has 3 nitrogen and oxygen atoms in total. The van der Waals surface area contributed by atoms with E-state index < -0.39 is 0 Å². The quantitative estimate of drug-likeness (QED) is 0.493. The van der Waals surface area contributed by atoms with Gasteiger partial charge in [0.15, 0.2) is 11.4 Å². The minimum absolute atomic E-state index is 0.0628. The summed E-state index contributed by atoms with van der Waals surface area (Å²) >= 11 is 1.41. The van der Waals surface area contributed by atoms with Crippen LogP contribution in [-0.2, 0) is 0 Å². The van der Waals surface area contributed by atoms with Crippen LogP contribution in [0.3, 0.4) is 0 Å². The molecule has 0 radical (unpaired) electrons. The number of carbonyl (C=O) groups excluding carboxylic acids is 1. The number of rotatable bonds is 2. The molecule has 102 valence electrons. The molecule has 2 heterocycles. The summed E-state index contributed by atoms with van der Waals surface area (Å²) in [5.41, 5.74) is 1.63. The van der Waals surface area contributed by atoms with Crippen LogP contribution in [0.4, 0.5) is 0 Å². The molecule has 0 amide bonds. The van der Waals surface area contributed by atoms with Gasteiger partial charge in [0.05, 0.1) is 9.75 Å². The Morgan fingerprint density at radius 2 is 1.95 bits per heavy atom. The van der Waals surface area contributed by atoms with Gasteiger partial charge >= 0.3 is 0 Å². The van der Waals surface area contributed by atoms with Gasteiger partial charge in [0.1, 0.15) is 5.52 Å². The van der Waals surface area contributed by atoms with Gasteiger partial charge in [-0.25, -0.2) is 4.98 Å². The van der Waals surface area contributed by atoms with Gasteiger partial charge in [-0.3, -0.25) is 4.79 Å². The van der Waals surface area contributed by atoms with E-state index in [4.69, 9.17) is 4.42 Å². The number of nitrogens with zero attached hydrogens (tertiary/aromatic N) is 1. The van der Waals surface area contributed by atoms with Crippen molar-refractivity contribution < 1.29 is 9.21 Å². The van der Waals surface area contributed by atoms with E-state index in [1.54, 1.807) is 6.92 Å². The van der Waals surface area contributed by atoms with E-state index in [1.807, 2.05) is 42.5 Å². The lowest BCUT2D eigenvalue weighted by Crippen LogP contribution is -1.83. The van der Waals surface area contributed by atoms with Gasteiger partial charge in [-0.1, -0.05) is 30.3 Å². The molecule has 2 aromatic heterocycles. The van der Waals surface area contributed by atoms with Gasteiger partial charge in [-0.05, 0) is 30.5 Å². The van der Waals surface area contributed by atoms with E-state index in [2.05, 4.69) is 11.1 Å². The molecule has 21 heavy (non-hydrogen) atoms. The minimum Gasteiger partial charge on any atom is -0.435 e. The van der Waals surface area contributed by atoms with E-state index in [0.717, 1.165) is 31.6 Å². The Bertz CT molecular complexity index is 981. The number of carbonyl (C=O) groups is 1. The molecule has 0 saturated heterocycles. The van der Waals surface area contributed by atoms with Crippen LogP contribution < -0.4 is 0 Å². The molecule has 4 rings (SSSR count). The fourth-order valence-electron chi connectivity index (χ4n) is 2.41. The van der Waals surface area contributed by atoms with Gasteiger partial charge in [-0.2, -0.15) is 0 Å². The summed E-state index contributed by atoms with van der Waals surface area (Å²) in [6.07, 6.45) is 0. The maximum atomic E-state index is 11.4. The third-order valence-electron chi connectivity index (χ3n) is 3.45. The highest BCUT2D eigenvalue weighted by Gasteiger charge is 2.13. The van der Waals surface area contributed by atoms with Crippen molar-refractivity contribution in [2.75, 3.05) is 0 Å². The van der Waals surface area contributed by atoms with E-state index in [0.29, 0.717) is 5.89 Å². The van der Waals surface area contributed by atoms with E-state index >= 15 is 0 Å². The van der Waals surface area contributed by atoms with Crippen LogP contribution in [0, 0.1) is 0 Å². The van der Waals surface area contributed by atoms with Crippen LogP contribution in [0.25, 0.3) is 32.6 Å². The lowest BCUT2D eigenvalue weighted by Gasteiger charge is -1.95. The number of oxazole rings is 1. The van der Waals surface area contributed by atoms with Crippen molar-refractivity contribution >= 4 is 39.0 Å². The lowest BCUT2D eigenvalue weighted by atomic mass is 10.1. The number of Topliss-reactive ketones (excluding diaryl/α,β-unsaturated/α-hetero) is 1. The van der Waals surface area contributed by atoms with Crippen molar-refractivity contribution in [3.05, 3.63) is 53.4 Å². The summed E-state index contributed by atoms with van der Waals surface area (Å²) in [7, 11) is 0. The van der Waals surface area contributed by atoms with Crippen molar-refractivity contribution in [3.8, 4) is 10.8 Å². The summed E-state index contributed by atoms with van der Waals surface area (Å²) in [5.74, 6) is 0.631. The second-order valence-corrected chi connectivity index (χ2v) is 5.96. The maximum absolute atomic E-state index is 11.4. The summed E-state index contributed by atoms with van der Waals surface area (Å²) in [4.78, 5) is 17.6. The molecule has 0 fully saturated rings. The van der Waals surface area contributed by atoms with Crippen molar-refractivity contribution in [2.45, 2.75) is 6.92 Å². The molecule has 2 aromatic carbocycles. The zero-order valence-corrected chi connectivity index (χ0v) is 12.1. The van der Waals surface area contributed by atoms with Gasteiger partial charge in [0.2, 0.25) is 5.89 Å². The van der Waals surface area contributed by atoms with E-state index in [-0.39, 0.29) is 5.78 Å². The smallest absolute Gasteiger partial charge is 0.237 e. The number of ketones is 1. The van der Waals surface area contributed by atoms with Crippen molar-refractivity contribution in [1.82, 2.24) is 4.98 Å². The monoisotopic (exact) mass is 293 g/mol. The Hall–Kier alpha value is -2.46. The number of hydrogen-bond donors (Lipinski definition) is 0. The van der Waals surface area contributed by atoms with E-state index in [1.165, 1.54) is 11.3 Å². The Morgan fingerprint density at radius 3 is 2.76 bits per heavy atom. The summed E-state index contributed by atoms with van der Waals surface area (Å²) in [6.45, 7) is 1.56. The Balaban J connectivity index is 1.93. The second-order valence-electron chi connectivity index (χ2n) is 4.87. The number of hydrogen-bond acceptors (Lipinski definition) is 4. The zero-order chi connectivity index (χ0) is 14.4. The molecule has 0 aliphatic rings. The minimum atomic E-state index is 0.0628. The predicted octanol–water partition coefficient (Wildman–Crippen LogP) is 4.91. The van der Waals surface area contributed by atoms with Crippen LogP contribution in [0.15, 0.2) is 52.9 Å². The molecular formula is C17H11NO2S.